The highest BCUT2D eigenvalue weighted by atomic mass is 32.2. The number of aromatic nitrogens is 1. The molecule has 136 valence electrons. The number of thiazole rings is 1. The van der Waals surface area contributed by atoms with Crippen LogP contribution in [0, 0.1) is 13.8 Å². The van der Waals surface area contributed by atoms with Gasteiger partial charge in [0.05, 0.1) is 15.1 Å². The van der Waals surface area contributed by atoms with Crippen molar-refractivity contribution in [2.75, 3.05) is 18.2 Å². The summed E-state index contributed by atoms with van der Waals surface area (Å²) in [6, 6.07) is 10.4. The lowest BCUT2D eigenvalue weighted by Crippen LogP contribution is -2.20. The first-order chi connectivity index (χ1) is 12.2. The molecule has 0 saturated carbocycles. The summed E-state index contributed by atoms with van der Waals surface area (Å²) in [5.41, 5.74) is 2.72. The number of benzene rings is 2. The van der Waals surface area contributed by atoms with Gasteiger partial charge in [-0.3, -0.25) is 10.1 Å². The van der Waals surface area contributed by atoms with Gasteiger partial charge < -0.3 is 4.74 Å². The van der Waals surface area contributed by atoms with Crippen LogP contribution in [-0.4, -0.2) is 32.2 Å². The molecule has 0 bridgehead atoms. The maximum absolute atomic E-state index is 12.1. The first kappa shape index (κ1) is 18.3. The van der Waals surface area contributed by atoms with Crippen LogP contribution in [0.25, 0.3) is 10.2 Å². The predicted molar refractivity (Wildman–Crippen MR) is 103 cm³/mol. The van der Waals surface area contributed by atoms with Gasteiger partial charge in [0.15, 0.2) is 21.6 Å². The average molecular weight is 390 g/mol. The molecule has 1 heterocycles. The summed E-state index contributed by atoms with van der Waals surface area (Å²) >= 11 is 1.22. The van der Waals surface area contributed by atoms with Gasteiger partial charge in [-0.05, 0) is 43.7 Å². The van der Waals surface area contributed by atoms with Gasteiger partial charge in [0.1, 0.15) is 5.75 Å². The Morgan fingerprint density at radius 3 is 2.65 bits per heavy atom. The van der Waals surface area contributed by atoms with E-state index < -0.39 is 9.84 Å². The van der Waals surface area contributed by atoms with Crippen molar-refractivity contribution < 1.29 is 17.9 Å². The van der Waals surface area contributed by atoms with Crippen molar-refractivity contribution in [1.82, 2.24) is 4.98 Å². The quantitative estimate of drug-likeness (QED) is 0.722. The van der Waals surface area contributed by atoms with E-state index in [1.165, 1.54) is 17.4 Å². The molecule has 8 heteroatoms. The molecule has 0 saturated heterocycles. The first-order valence-electron chi connectivity index (χ1n) is 7.83. The first-order valence-corrected chi connectivity index (χ1v) is 10.5. The van der Waals surface area contributed by atoms with Gasteiger partial charge in [0.2, 0.25) is 0 Å². The Balaban J connectivity index is 1.69. The van der Waals surface area contributed by atoms with Gasteiger partial charge in [-0.25, -0.2) is 13.4 Å². The second-order valence-corrected chi connectivity index (χ2v) is 9.07. The fourth-order valence-electron chi connectivity index (χ4n) is 2.45. The van der Waals surface area contributed by atoms with Gasteiger partial charge in [-0.1, -0.05) is 29.0 Å². The lowest BCUT2D eigenvalue weighted by Gasteiger charge is -2.09. The zero-order valence-electron chi connectivity index (χ0n) is 14.6. The van der Waals surface area contributed by atoms with E-state index in [1.54, 1.807) is 12.1 Å². The van der Waals surface area contributed by atoms with Crippen molar-refractivity contribution in [3.8, 4) is 5.75 Å². The summed E-state index contributed by atoms with van der Waals surface area (Å²) in [4.78, 5) is 16.6. The maximum Gasteiger partial charge on any atom is 0.264 e. The highest BCUT2D eigenvalue weighted by Crippen LogP contribution is 2.28. The normalized spacial score (nSPS) is 11.5. The molecule has 0 radical (unpaired) electrons. The molecular weight excluding hydrogens is 372 g/mol. The van der Waals surface area contributed by atoms with Gasteiger partial charge in [0, 0.05) is 6.26 Å². The molecule has 0 spiro atoms. The fourth-order valence-corrected chi connectivity index (χ4v) is 4.09. The number of hydrogen-bond acceptors (Lipinski definition) is 6. The Bertz CT molecular complexity index is 1090. The number of ether oxygens (including phenoxy) is 1. The third-order valence-corrected chi connectivity index (χ3v) is 5.77. The monoisotopic (exact) mass is 390 g/mol. The van der Waals surface area contributed by atoms with E-state index in [9.17, 15) is 13.2 Å². The van der Waals surface area contributed by atoms with Crippen LogP contribution in [0.15, 0.2) is 41.3 Å². The molecule has 3 aromatic rings. The number of rotatable bonds is 5. The lowest BCUT2D eigenvalue weighted by molar-refractivity contribution is -0.118. The average Bonchev–Trinajstić information content (AvgIpc) is 2.94. The van der Waals surface area contributed by atoms with E-state index in [0.29, 0.717) is 21.1 Å². The number of carbonyl (C=O) groups is 1. The molecule has 0 atom stereocenters. The third kappa shape index (κ3) is 4.20. The zero-order chi connectivity index (χ0) is 18.9. The van der Waals surface area contributed by atoms with Crippen molar-refractivity contribution in [3.63, 3.8) is 0 Å². The summed E-state index contributed by atoms with van der Waals surface area (Å²) in [6.45, 7) is 3.79. The molecule has 6 nitrogen and oxygen atoms in total. The Hall–Kier alpha value is -2.45. The lowest BCUT2D eigenvalue weighted by atomic mass is 10.1. The largest absolute Gasteiger partial charge is 0.483 e. The molecular formula is C18H18N2O4S2. The van der Waals surface area contributed by atoms with Crippen LogP contribution in [0.4, 0.5) is 5.13 Å². The topological polar surface area (TPSA) is 85.4 Å². The number of carbonyl (C=O) groups excluding carboxylic acids is 1. The zero-order valence-corrected chi connectivity index (χ0v) is 16.2. The van der Waals surface area contributed by atoms with E-state index in [4.69, 9.17) is 4.74 Å². The van der Waals surface area contributed by atoms with Crippen LogP contribution < -0.4 is 10.1 Å². The van der Waals surface area contributed by atoms with Crippen LogP contribution >= 0.6 is 11.3 Å². The second kappa shape index (κ2) is 7.05. The third-order valence-electron chi connectivity index (χ3n) is 3.72. The second-order valence-electron chi connectivity index (χ2n) is 6.03. The molecule has 0 aliphatic rings. The van der Waals surface area contributed by atoms with Crippen LogP contribution in [0.5, 0.6) is 5.75 Å². The molecule has 2 aromatic carbocycles. The molecule has 1 N–H and O–H groups in total. The molecule has 0 aliphatic carbocycles. The van der Waals surface area contributed by atoms with Gasteiger partial charge >= 0.3 is 0 Å². The highest BCUT2D eigenvalue weighted by Gasteiger charge is 2.12. The summed E-state index contributed by atoms with van der Waals surface area (Å²) in [7, 11) is -3.28. The molecule has 1 amide bonds. The SMILES string of the molecule is Cc1ccc(OCC(=O)Nc2nc3ccc(S(C)(=O)=O)cc3s2)c(C)c1. The Labute approximate surface area is 155 Å². The Kier molecular flexibility index (Phi) is 4.97. The maximum atomic E-state index is 12.1. The van der Waals surface area contributed by atoms with E-state index in [1.807, 2.05) is 32.0 Å². The molecule has 0 aliphatic heterocycles. The molecule has 26 heavy (non-hydrogen) atoms. The number of fused-ring (bicyclic) bond motifs is 1. The number of aryl methyl sites for hydroxylation is 2. The van der Waals surface area contributed by atoms with Crippen molar-refractivity contribution in [3.05, 3.63) is 47.5 Å². The summed E-state index contributed by atoms with van der Waals surface area (Å²) < 4.78 is 29.5. The van der Waals surface area contributed by atoms with Crippen LogP contribution in [0.2, 0.25) is 0 Å². The minimum Gasteiger partial charge on any atom is -0.483 e. The minimum atomic E-state index is -3.28. The van der Waals surface area contributed by atoms with E-state index in [-0.39, 0.29) is 17.4 Å². The van der Waals surface area contributed by atoms with Crippen LogP contribution in [0.1, 0.15) is 11.1 Å². The number of anilines is 1. The van der Waals surface area contributed by atoms with Crippen molar-refractivity contribution in [2.45, 2.75) is 18.7 Å². The van der Waals surface area contributed by atoms with Crippen molar-refractivity contribution >= 4 is 42.4 Å². The van der Waals surface area contributed by atoms with E-state index >= 15 is 0 Å². The van der Waals surface area contributed by atoms with Crippen LogP contribution in [-0.2, 0) is 14.6 Å². The van der Waals surface area contributed by atoms with E-state index in [0.717, 1.165) is 17.4 Å². The molecule has 0 unspecified atom stereocenters. The predicted octanol–water partition coefficient (Wildman–Crippen LogP) is 3.33. The smallest absolute Gasteiger partial charge is 0.264 e. The molecule has 3 rings (SSSR count). The number of hydrogen-bond donors (Lipinski definition) is 1. The number of amides is 1. The summed E-state index contributed by atoms with van der Waals surface area (Å²) in [5.74, 6) is 0.334. The van der Waals surface area contributed by atoms with E-state index in [2.05, 4.69) is 10.3 Å². The fraction of sp³-hybridized carbons (Fsp3) is 0.222. The van der Waals surface area contributed by atoms with Gasteiger partial charge in [-0.15, -0.1) is 0 Å². The number of sulfone groups is 1. The standard InChI is InChI=1S/C18H18N2O4S2/c1-11-4-7-15(12(2)8-11)24-10-17(21)20-18-19-14-6-5-13(26(3,22)23)9-16(14)25-18/h4-9H,10H2,1-3H3,(H,19,20,21). The molecule has 1 aromatic heterocycles. The van der Waals surface area contributed by atoms with Crippen molar-refractivity contribution in [1.29, 1.82) is 0 Å². The van der Waals surface area contributed by atoms with Crippen LogP contribution in [0.3, 0.4) is 0 Å². The number of nitrogens with one attached hydrogen (secondary N) is 1. The summed E-state index contributed by atoms with van der Waals surface area (Å²) in [6.07, 6.45) is 1.16. The minimum absolute atomic E-state index is 0.131. The molecule has 0 fully saturated rings. The Morgan fingerprint density at radius 2 is 1.96 bits per heavy atom. The van der Waals surface area contributed by atoms with Crippen molar-refractivity contribution in [2.24, 2.45) is 0 Å². The van der Waals surface area contributed by atoms with Gasteiger partial charge in [0.25, 0.3) is 5.91 Å². The van der Waals surface area contributed by atoms with Gasteiger partial charge in [-0.2, -0.15) is 0 Å². The number of nitrogens with zero attached hydrogens (tertiary/aromatic N) is 1. The highest BCUT2D eigenvalue weighted by molar-refractivity contribution is 7.90. The summed E-state index contributed by atoms with van der Waals surface area (Å²) in [5, 5.41) is 3.09. The Morgan fingerprint density at radius 1 is 1.19 bits per heavy atom.